The molecule has 0 fully saturated rings. The lowest BCUT2D eigenvalue weighted by Gasteiger charge is -2.13. The minimum Gasteiger partial charge on any atom is -0.489 e. The molecule has 0 saturated carbocycles. The fraction of sp³-hybridized carbons (Fsp3) is 0.158. The number of H-pyrrole nitrogens is 1. The molecule has 3 rings (SSSR count). The molecule has 6 heteroatoms. The number of aliphatic hydroxyl groups excluding tert-OH is 1. The van der Waals surface area contributed by atoms with E-state index >= 15 is 0 Å². The van der Waals surface area contributed by atoms with E-state index in [-0.39, 0.29) is 12.5 Å². The molecule has 1 heterocycles. The van der Waals surface area contributed by atoms with E-state index in [1.165, 1.54) is 12.5 Å². The van der Waals surface area contributed by atoms with Crippen LogP contribution in [0.25, 0.3) is 0 Å². The van der Waals surface area contributed by atoms with Crippen LogP contribution in [-0.2, 0) is 6.61 Å². The van der Waals surface area contributed by atoms with Crippen molar-refractivity contribution in [3.8, 4) is 5.75 Å². The van der Waals surface area contributed by atoms with E-state index in [0.717, 1.165) is 5.56 Å². The predicted molar refractivity (Wildman–Crippen MR) is 93.1 cm³/mol. The van der Waals surface area contributed by atoms with Gasteiger partial charge < -0.3 is 20.1 Å². The van der Waals surface area contributed by atoms with Gasteiger partial charge in [-0.3, -0.25) is 4.79 Å². The van der Waals surface area contributed by atoms with E-state index in [4.69, 9.17) is 4.74 Å². The van der Waals surface area contributed by atoms with Gasteiger partial charge in [0, 0.05) is 6.54 Å². The maximum Gasteiger partial charge on any atom is 0.269 e. The molecule has 3 N–H and O–H groups in total. The summed E-state index contributed by atoms with van der Waals surface area (Å²) in [7, 11) is 0. The fourth-order valence-electron chi connectivity index (χ4n) is 2.34. The lowest BCUT2D eigenvalue weighted by molar-refractivity contribution is 0.0912. The number of rotatable bonds is 7. The van der Waals surface area contributed by atoms with E-state index in [1.54, 1.807) is 12.1 Å². The van der Waals surface area contributed by atoms with Crippen molar-refractivity contribution in [2.24, 2.45) is 0 Å². The third kappa shape index (κ3) is 4.68. The molecule has 0 aliphatic rings. The average molecular weight is 337 g/mol. The number of carbonyl (C=O) groups is 1. The maximum absolute atomic E-state index is 11.8. The number of aromatic amines is 1. The molecular formula is C19H19N3O3. The normalized spacial score (nSPS) is 11.7. The number of nitrogens with one attached hydrogen (secondary N) is 2. The summed E-state index contributed by atoms with van der Waals surface area (Å²) in [5.41, 5.74) is 2.10. The molecule has 0 aliphatic heterocycles. The van der Waals surface area contributed by atoms with Gasteiger partial charge in [0.2, 0.25) is 0 Å². The van der Waals surface area contributed by atoms with Gasteiger partial charge in [0.1, 0.15) is 18.1 Å². The quantitative estimate of drug-likeness (QED) is 0.618. The van der Waals surface area contributed by atoms with Crippen molar-refractivity contribution >= 4 is 5.91 Å². The van der Waals surface area contributed by atoms with Gasteiger partial charge in [0.15, 0.2) is 0 Å². The van der Waals surface area contributed by atoms with Gasteiger partial charge in [-0.2, -0.15) is 0 Å². The van der Waals surface area contributed by atoms with Crippen LogP contribution >= 0.6 is 0 Å². The summed E-state index contributed by atoms with van der Waals surface area (Å²) in [6.07, 6.45) is 2.03. The summed E-state index contributed by atoms with van der Waals surface area (Å²) in [6, 6.07) is 17.1. The second kappa shape index (κ2) is 8.12. The van der Waals surface area contributed by atoms with Crippen molar-refractivity contribution in [3.05, 3.63) is 83.9 Å². The smallest absolute Gasteiger partial charge is 0.269 e. The first-order valence-corrected chi connectivity index (χ1v) is 7.93. The summed E-state index contributed by atoms with van der Waals surface area (Å²) in [4.78, 5) is 18.4. The van der Waals surface area contributed by atoms with Gasteiger partial charge in [-0.25, -0.2) is 4.98 Å². The number of ether oxygens (including phenoxy) is 1. The van der Waals surface area contributed by atoms with Crippen LogP contribution in [0, 0.1) is 0 Å². The summed E-state index contributed by atoms with van der Waals surface area (Å²) < 4.78 is 5.76. The van der Waals surface area contributed by atoms with Gasteiger partial charge in [0.25, 0.3) is 5.91 Å². The Labute approximate surface area is 145 Å². The van der Waals surface area contributed by atoms with Crippen LogP contribution in [0.15, 0.2) is 67.1 Å². The minimum atomic E-state index is -0.827. The number of amides is 1. The Morgan fingerprint density at radius 1 is 1.20 bits per heavy atom. The number of hydrogen-bond donors (Lipinski definition) is 3. The van der Waals surface area contributed by atoms with Crippen LogP contribution in [0.3, 0.4) is 0 Å². The van der Waals surface area contributed by atoms with Crippen molar-refractivity contribution in [1.29, 1.82) is 0 Å². The highest BCUT2D eigenvalue weighted by molar-refractivity contribution is 5.91. The first-order valence-electron chi connectivity index (χ1n) is 7.93. The highest BCUT2D eigenvalue weighted by atomic mass is 16.5. The Hall–Kier alpha value is -3.12. The second-order valence-corrected chi connectivity index (χ2v) is 5.54. The molecule has 0 aliphatic carbocycles. The fourth-order valence-corrected chi connectivity index (χ4v) is 2.34. The van der Waals surface area contributed by atoms with Gasteiger partial charge in [-0.15, -0.1) is 0 Å². The van der Waals surface area contributed by atoms with E-state index in [0.29, 0.717) is 23.6 Å². The topological polar surface area (TPSA) is 87.2 Å². The highest BCUT2D eigenvalue weighted by Gasteiger charge is 2.12. The maximum atomic E-state index is 11.8. The van der Waals surface area contributed by atoms with E-state index in [2.05, 4.69) is 15.3 Å². The van der Waals surface area contributed by atoms with Gasteiger partial charge in [-0.1, -0.05) is 42.5 Å². The third-order valence-corrected chi connectivity index (χ3v) is 3.69. The molecule has 1 aromatic heterocycles. The van der Waals surface area contributed by atoms with E-state index < -0.39 is 6.10 Å². The molecule has 6 nitrogen and oxygen atoms in total. The molecule has 2 aromatic carbocycles. The predicted octanol–water partition coefficient (Wildman–Crippen LogP) is 2.45. The molecule has 3 aromatic rings. The first kappa shape index (κ1) is 16.7. The van der Waals surface area contributed by atoms with Crippen molar-refractivity contribution in [1.82, 2.24) is 15.3 Å². The van der Waals surface area contributed by atoms with Gasteiger partial charge >= 0.3 is 0 Å². The number of carbonyl (C=O) groups excluding carboxylic acids is 1. The van der Waals surface area contributed by atoms with Crippen molar-refractivity contribution < 1.29 is 14.6 Å². The summed E-state index contributed by atoms with van der Waals surface area (Å²) in [5, 5.41) is 12.9. The van der Waals surface area contributed by atoms with Crippen molar-refractivity contribution in [2.45, 2.75) is 12.7 Å². The molecule has 1 amide bonds. The zero-order chi connectivity index (χ0) is 17.5. The molecule has 0 unspecified atom stereocenters. The summed E-state index contributed by atoms with van der Waals surface area (Å²) >= 11 is 0. The Bertz CT molecular complexity index is 804. The Balaban J connectivity index is 1.55. The SMILES string of the molecule is O=C(NC[C@H](O)c1cccc(OCc2ccccc2)c1)c1cnc[nH]1. The molecule has 25 heavy (non-hydrogen) atoms. The van der Waals surface area contributed by atoms with E-state index in [9.17, 15) is 9.90 Å². The zero-order valence-electron chi connectivity index (χ0n) is 13.6. The van der Waals surface area contributed by atoms with Crippen molar-refractivity contribution in [2.75, 3.05) is 6.54 Å². The molecule has 0 saturated heterocycles. The second-order valence-electron chi connectivity index (χ2n) is 5.54. The lowest BCUT2D eigenvalue weighted by Crippen LogP contribution is -2.28. The van der Waals surface area contributed by atoms with Crippen LogP contribution in [-0.4, -0.2) is 27.5 Å². The number of imidazole rings is 1. The third-order valence-electron chi connectivity index (χ3n) is 3.69. The monoisotopic (exact) mass is 337 g/mol. The van der Waals surface area contributed by atoms with Crippen LogP contribution < -0.4 is 10.1 Å². The number of aliphatic hydroxyl groups is 1. The van der Waals surface area contributed by atoms with Crippen LogP contribution in [0.5, 0.6) is 5.75 Å². The standard InChI is InChI=1S/C19H19N3O3/c23-18(11-21-19(24)17-10-20-13-22-17)15-7-4-8-16(9-15)25-12-14-5-2-1-3-6-14/h1-10,13,18,23H,11-12H2,(H,20,22)(H,21,24)/t18-/m0/s1. The zero-order valence-corrected chi connectivity index (χ0v) is 13.6. The molecular weight excluding hydrogens is 318 g/mol. The van der Waals surface area contributed by atoms with E-state index in [1.807, 2.05) is 42.5 Å². The molecule has 1 atom stereocenters. The number of benzene rings is 2. The van der Waals surface area contributed by atoms with Crippen molar-refractivity contribution in [3.63, 3.8) is 0 Å². The Morgan fingerprint density at radius 3 is 2.80 bits per heavy atom. The number of aromatic nitrogens is 2. The van der Waals surface area contributed by atoms with Crippen LogP contribution in [0.4, 0.5) is 0 Å². The number of nitrogens with zero attached hydrogens (tertiary/aromatic N) is 1. The molecule has 128 valence electrons. The number of hydrogen-bond acceptors (Lipinski definition) is 4. The highest BCUT2D eigenvalue weighted by Crippen LogP contribution is 2.20. The molecule has 0 bridgehead atoms. The minimum absolute atomic E-state index is 0.0972. The Morgan fingerprint density at radius 2 is 2.04 bits per heavy atom. The van der Waals surface area contributed by atoms with Crippen LogP contribution in [0.1, 0.15) is 27.7 Å². The summed E-state index contributed by atoms with van der Waals surface area (Å²) in [5.74, 6) is 0.355. The van der Waals surface area contributed by atoms with Gasteiger partial charge in [-0.05, 0) is 23.3 Å². The first-order chi connectivity index (χ1) is 12.2. The largest absolute Gasteiger partial charge is 0.489 e. The molecule has 0 spiro atoms. The average Bonchev–Trinajstić information content (AvgIpc) is 3.20. The Kier molecular flexibility index (Phi) is 5.43. The lowest BCUT2D eigenvalue weighted by atomic mass is 10.1. The van der Waals surface area contributed by atoms with Crippen LogP contribution in [0.2, 0.25) is 0 Å². The molecule has 0 radical (unpaired) electrons. The summed E-state index contributed by atoms with van der Waals surface area (Å²) in [6.45, 7) is 0.553. The van der Waals surface area contributed by atoms with Gasteiger partial charge in [0.05, 0.1) is 18.6 Å².